The topological polar surface area (TPSA) is 105 Å². The molecular formula is C13H12N2O5. The molecule has 7 nitrogen and oxygen atoms in total. The smallest absolute Gasteiger partial charge is 0.328 e. The molecule has 0 saturated carbocycles. The highest BCUT2D eigenvalue weighted by molar-refractivity contribution is 6.31. The monoisotopic (exact) mass is 276 g/mol. The third-order valence-corrected chi connectivity index (χ3v) is 2.54. The van der Waals surface area contributed by atoms with Crippen LogP contribution in [0, 0.1) is 0 Å². The predicted octanol–water partition coefficient (Wildman–Crippen LogP) is 0.540. The molecule has 4 amide bonds. The third kappa shape index (κ3) is 2.77. The van der Waals surface area contributed by atoms with Crippen molar-refractivity contribution < 1.29 is 24.2 Å². The van der Waals surface area contributed by atoms with Crippen LogP contribution in [-0.4, -0.2) is 29.6 Å². The maximum Gasteiger partial charge on any atom is 0.328 e. The average Bonchev–Trinajstić information content (AvgIpc) is 2.37. The van der Waals surface area contributed by atoms with Crippen molar-refractivity contribution in [1.82, 2.24) is 10.6 Å². The summed E-state index contributed by atoms with van der Waals surface area (Å²) < 4.78 is 5.20. The number of phenols is 1. The van der Waals surface area contributed by atoms with Gasteiger partial charge in [-0.15, -0.1) is 0 Å². The lowest BCUT2D eigenvalue weighted by Crippen LogP contribution is -2.51. The first kappa shape index (κ1) is 13.6. The van der Waals surface area contributed by atoms with Gasteiger partial charge in [-0.05, 0) is 30.7 Å². The average molecular weight is 276 g/mol. The molecular weight excluding hydrogens is 264 g/mol. The van der Waals surface area contributed by atoms with E-state index in [9.17, 15) is 19.5 Å². The van der Waals surface area contributed by atoms with Gasteiger partial charge in [0.25, 0.3) is 11.8 Å². The van der Waals surface area contributed by atoms with Gasteiger partial charge < -0.3 is 9.84 Å². The minimum atomic E-state index is -0.849. The van der Waals surface area contributed by atoms with Crippen molar-refractivity contribution in [3.8, 4) is 11.5 Å². The normalized spacial score (nSPS) is 14.7. The first-order valence-electron chi connectivity index (χ1n) is 5.85. The van der Waals surface area contributed by atoms with Gasteiger partial charge in [-0.3, -0.25) is 20.2 Å². The van der Waals surface area contributed by atoms with Gasteiger partial charge in [0.05, 0.1) is 6.61 Å². The first-order valence-corrected chi connectivity index (χ1v) is 5.85. The molecule has 1 saturated heterocycles. The number of aromatic hydroxyl groups is 1. The molecule has 1 aromatic rings. The lowest BCUT2D eigenvalue weighted by atomic mass is 10.1. The molecule has 1 fully saturated rings. The number of phenolic OH excluding ortho intramolecular Hbond substituents is 1. The van der Waals surface area contributed by atoms with Crippen LogP contribution < -0.4 is 15.4 Å². The molecule has 1 aliphatic rings. The molecule has 0 aliphatic carbocycles. The van der Waals surface area contributed by atoms with Crippen LogP contribution in [0.3, 0.4) is 0 Å². The van der Waals surface area contributed by atoms with Gasteiger partial charge in [0.2, 0.25) is 0 Å². The van der Waals surface area contributed by atoms with Crippen LogP contribution in [0.4, 0.5) is 4.79 Å². The van der Waals surface area contributed by atoms with Crippen molar-refractivity contribution in [1.29, 1.82) is 0 Å². The number of ether oxygens (including phenoxy) is 1. The molecule has 104 valence electrons. The molecule has 7 heteroatoms. The van der Waals surface area contributed by atoms with Crippen LogP contribution >= 0.6 is 0 Å². The Kier molecular flexibility index (Phi) is 3.69. The molecule has 0 atom stereocenters. The fraction of sp³-hybridized carbons (Fsp3) is 0.154. The molecule has 1 aliphatic heterocycles. The molecule has 20 heavy (non-hydrogen) atoms. The second-order valence-corrected chi connectivity index (χ2v) is 3.96. The Balaban J connectivity index is 2.34. The van der Waals surface area contributed by atoms with Gasteiger partial charge in [-0.2, -0.15) is 0 Å². The highest BCUT2D eigenvalue weighted by Crippen LogP contribution is 2.27. The van der Waals surface area contributed by atoms with E-state index in [4.69, 9.17) is 4.74 Å². The summed E-state index contributed by atoms with van der Waals surface area (Å²) in [5.41, 5.74) is 0.290. The number of rotatable bonds is 3. The maximum absolute atomic E-state index is 11.6. The fourth-order valence-corrected chi connectivity index (χ4v) is 1.66. The standard InChI is InChI=1S/C13H12N2O5/c1-2-20-10-6-7(3-4-9(10)16)5-8-11(17)14-13(19)15-12(8)18/h3-6,16H,2H2,1H3,(H2,14,15,17,18,19). The minimum absolute atomic E-state index is 0.0401. The van der Waals surface area contributed by atoms with E-state index in [1.807, 2.05) is 10.6 Å². The second kappa shape index (κ2) is 5.43. The molecule has 1 aromatic carbocycles. The van der Waals surface area contributed by atoms with Gasteiger partial charge >= 0.3 is 6.03 Å². The summed E-state index contributed by atoms with van der Waals surface area (Å²) in [7, 11) is 0. The van der Waals surface area contributed by atoms with Crippen LogP contribution in [0.25, 0.3) is 6.08 Å². The summed E-state index contributed by atoms with van der Waals surface area (Å²) in [6.45, 7) is 2.13. The predicted molar refractivity (Wildman–Crippen MR) is 68.9 cm³/mol. The number of benzene rings is 1. The number of nitrogens with one attached hydrogen (secondary N) is 2. The van der Waals surface area contributed by atoms with E-state index in [0.29, 0.717) is 12.2 Å². The highest BCUT2D eigenvalue weighted by atomic mass is 16.5. The molecule has 3 N–H and O–H groups in total. The van der Waals surface area contributed by atoms with E-state index in [-0.39, 0.29) is 17.1 Å². The number of hydrogen-bond acceptors (Lipinski definition) is 5. The SMILES string of the molecule is CCOc1cc(C=C2C(=O)NC(=O)NC2=O)ccc1O. The lowest BCUT2D eigenvalue weighted by Gasteiger charge is -2.14. The Morgan fingerprint density at radius 3 is 2.45 bits per heavy atom. The number of urea groups is 1. The summed E-state index contributed by atoms with van der Waals surface area (Å²) in [6.07, 6.45) is 1.30. The highest BCUT2D eigenvalue weighted by Gasteiger charge is 2.27. The number of carbonyl (C=O) groups is 3. The molecule has 2 rings (SSSR count). The zero-order valence-electron chi connectivity index (χ0n) is 10.6. The van der Waals surface area contributed by atoms with Crippen molar-refractivity contribution in [3.63, 3.8) is 0 Å². The van der Waals surface area contributed by atoms with Crippen molar-refractivity contribution in [2.45, 2.75) is 6.92 Å². The van der Waals surface area contributed by atoms with Crippen LogP contribution in [0.5, 0.6) is 11.5 Å². The summed E-state index contributed by atoms with van der Waals surface area (Å²) in [5, 5.41) is 13.5. The van der Waals surface area contributed by atoms with E-state index < -0.39 is 17.8 Å². The molecule has 0 aromatic heterocycles. The number of hydrogen-bond donors (Lipinski definition) is 3. The molecule has 1 heterocycles. The zero-order chi connectivity index (χ0) is 14.7. The molecule has 0 unspecified atom stereocenters. The van der Waals surface area contributed by atoms with Gasteiger partial charge in [-0.1, -0.05) is 6.07 Å². The van der Waals surface area contributed by atoms with Gasteiger partial charge in [0, 0.05) is 0 Å². The Labute approximate surface area is 114 Å². The lowest BCUT2D eigenvalue weighted by molar-refractivity contribution is -0.123. The summed E-state index contributed by atoms with van der Waals surface area (Å²) in [4.78, 5) is 34.0. The summed E-state index contributed by atoms with van der Waals surface area (Å²) in [6, 6.07) is 3.55. The van der Waals surface area contributed by atoms with Crippen LogP contribution in [-0.2, 0) is 9.59 Å². The van der Waals surface area contributed by atoms with E-state index in [2.05, 4.69) is 0 Å². The largest absolute Gasteiger partial charge is 0.504 e. The number of imide groups is 2. The second-order valence-electron chi connectivity index (χ2n) is 3.96. The number of carbonyl (C=O) groups excluding carboxylic acids is 3. The molecule has 0 spiro atoms. The first-order chi connectivity index (χ1) is 9.51. The quantitative estimate of drug-likeness (QED) is 0.552. The van der Waals surface area contributed by atoms with Crippen LogP contribution in [0.2, 0.25) is 0 Å². The van der Waals surface area contributed by atoms with Crippen LogP contribution in [0.1, 0.15) is 12.5 Å². The summed E-state index contributed by atoms with van der Waals surface area (Å²) >= 11 is 0. The Morgan fingerprint density at radius 2 is 1.85 bits per heavy atom. The Hall–Kier alpha value is -2.83. The van der Waals surface area contributed by atoms with Gasteiger partial charge in [-0.25, -0.2) is 4.79 Å². The Bertz CT molecular complexity index is 599. The van der Waals surface area contributed by atoms with E-state index in [1.54, 1.807) is 6.92 Å². The minimum Gasteiger partial charge on any atom is -0.504 e. The van der Waals surface area contributed by atoms with Crippen molar-refractivity contribution in [3.05, 3.63) is 29.3 Å². The Morgan fingerprint density at radius 1 is 1.20 bits per heavy atom. The van der Waals surface area contributed by atoms with Crippen molar-refractivity contribution in [2.24, 2.45) is 0 Å². The van der Waals surface area contributed by atoms with E-state index >= 15 is 0 Å². The van der Waals surface area contributed by atoms with E-state index in [0.717, 1.165) is 0 Å². The van der Waals surface area contributed by atoms with Gasteiger partial charge in [0.15, 0.2) is 11.5 Å². The maximum atomic E-state index is 11.6. The molecule has 0 bridgehead atoms. The third-order valence-electron chi connectivity index (χ3n) is 2.54. The van der Waals surface area contributed by atoms with Crippen LogP contribution in [0.15, 0.2) is 23.8 Å². The number of barbiturate groups is 1. The van der Waals surface area contributed by atoms with Gasteiger partial charge in [0.1, 0.15) is 5.57 Å². The number of amides is 4. The van der Waals surface area contributed by atoms with Crippen molar-refractivity contribution >= 4 is 23.9 Å². The molecule has 0 radical (unpaired) electrons. The van der Waals surface area contributed by atoms with E-state index in [1.165, 1.54) is 24.3 Å². The zero-order valence-corrected chi connectivity index (χ0v) is 10.6. The summed E-state index contributed by atoms with van der Waals surface area (Å²) in [5.74, 6) is -1.34. The fourth-order valence-electron chi connectivity index (χ4n) is 1.66. The van der Waals surface area contributed by atoms with Crippen molar-refractivity contribution in [2.75, 3.05) is 6.61 Å².